The van der Waals surface area contributed by atoms with E-state index in [1.807, 2.05) is 19.1 Å². The molecule has 2 aromatic rings. The van der Waals surface area contributed by atoms with Crippen LogP contribution in [0.5, 0.6) is 0 Å². The van der Waals surface area contributed by atoms with Crippen molar-refractivity contribution in [1.29, 1.82) is 0 Å². The molecule has 22 heavy (non-hydrogen) atoms. The Morgan fingerprint density at radius 3 is 3.00 bits per heavy atom. The predicted octanol–water partition coefficient (Wildman–Crippen LogP) is 2.90. The van der Waals surface area contributed by atoms with Crippen LogP contribution >= 0.6 is 0 Å². The van der Waals surface area contributed by atoms with Crippen LogP contribution < -0.4 is 4.90 Å². The Morgan fingerprint density at radius 1 is 1.50 bits per heavy atom. The molecular weight excluding hydrogens is 282 g/mol. The molecule has 0 amide bonds. The van der Waals surface area contributed by atoms with Crippen molar-refractivity contribution in [3.63, 3.8) is 0 Å². The molecule has 6 nitrogen and oxygen atoms in total. The first kappa shape index (κ1) is 14.6. The summed E-state index contributed by atoms with van der Waals surface area (Å²) in [6, 6.07) is 5.76. The van der Waals surface area contributed by atoms with Crippen LogP contribution in [0.1, 0.15) is 47.6 Å². The molecule has 6 heteroatoms. The van der Waals surface area contributed by atoms with Gasteiger partial charge in [0, 0.05) is 18.8 Å². The molecule has 116 valence electrons. The largest absolute Gasteiger partial charge is 0.462 e. The standard InChI is InChI=1S/C16H19N3O3/c1-3-21-16(20)12-6-7-15(17-10-12)19-8-4-5-14(19)13-9-11(2)22-18-13/h6-7,9-10,14H,3-5,8H2,1-2H3/t14-/m0/s1. The van der Waals surface area contributed by atoms with Crippen molar-refractivity contribution >= 4 is 11.8 Å². The highest BCUT2D eigenvalue weighted by atomic mass is 16.5. The zero-order valence-corrected chi connectivity index (χ0v) is 12.8. The van der Waals surface area contributed by atoms with Crippen LogP contribution in [-0.4, -0.2) is 29.3 Å². The number of ether oxygens (including phenoxy) is 1. The lowest BCUT2D eigenvalue weighted by Gasteiger charge is -2.24. The molecule has 0 bridgehead atoms. The average molecular weight is 301 g/mol. The minimum atomic E-state index is -0.341. The minimum absolute atomic E-state index is 0.179. The van der Waals surface area contributed by atoms with Gasteiger partial charge in [0.1, 0.15) is 17.3 Å². The molecule has 1 fully saturated rings. The maximum Gasteiger partial charge on any atom is 0.339 e. The number of aromatic nitrogens is 2. The van der Waals surface area contributed by atoms with Crippen LogP contribution in [0, 0.1) is 6.92 Å². The Labute approximate surface area is 129 Å². The van der Waals surface area contributed by atoms with E-state index in [0.29, 0.717) is 12.2 Å². The van der Waals surface area contributed by atoms with E-state index in [9.17, 15) is 4.79 Å². The van der Waals surface area contributed by atoms with Gasteiger partial charge in [0.15, 0.2) is 0 Å². The molecule has 1 aliphatic heterocycles. The number of hydrogen-bond donors (Lipinski definition) is 0. The third-order valence-corrected chi connectivity index (χ3v) is 3.79. The van der Waals surface area contributed by atoms with Crippen LogP contribution in [0.3, 0.4) is 0 Å². The van der Waals surface area contributed by atoms with Gasteiger partial charge in [-0.25, -0.2) is 9.78 Å². The molecule has 0 aromatic carbocycles. The smallest absolute Gasteiger partial charge is 0.339 e. The lowest BCUT2D eigenvalue weighted by atomic mass is 10.1. The highest BCUT2D eigenvalue weighted by Gasteiger charge is 2.29. The van der Waals surface area contributed by atoms with Gasteiger partial charge in [-0.05, 0) is 38.8 Å². The fourth-order valence-electron chi connectivity index (χ4n) is 2.78. The molecule has 3 rings (SSSR count). The maximum atomic E-state index is 11.7. The summed E-state index contributed by atoms with van der Waals surface area (Å²) < 4.78 is 10.2. The number of pyridine rings is 1. The van der Waals surface area contributed by atoms with E-state index in [-0.39, 0.29) is 12.0 Å². The monoisotopic (exact) mass is 301 g/mol. The van der Waals surface area contributed by atoms with Crippen LogP contribution in [0.25, 0.3) is 0 Å². The van der Waals surface area contributed by atoms with E-state index >= 15 is 0 Å². The highest BCUT2D eigenvalue weighted by Crippen LogP contribution is 2.34. The van der Waals surface area contributed by atoms with Crippen LogP contribution in [-0.2, 0) is 4.74 Å². The molecule has 3 heterocycles. The summed E-state index contributed by atoms with van der Waals surface area (Å²) in [6.07, 6.45) is 3.67. The summed E-state index contributed by atoms with van der Waals surface area (Å²) in [5, 5.41) is 4.13. The molecule has 1 aliphatic rings. The van der Waals surface area contributed by atoms with E-state index in [2.05, 4.69) is 15.0 Å². The molecule has 1 atom stereocenters. The van der Waals surface area contributed by atoms with Crippen molar-refractivity contribution in [1.82, 2.24) is 10.1 Å². The van der Waals surface area contributed by atoms with E-state index in [1.165, 1.54) is 0 Å². The summed E-state index contributed by atoms with van der Waals surface area (Å²) >= 11 is 0. The van der Waals surface area contributed by atoms with Gasteiger partial charge < -0.3 is 14.2 Å². The number of esters is 1. The quantitative estimate of drug-likeness (QED) is 0.809. The maximum absolute atomic E-state index is 11.7. The summed E-state index contributed by atoms with van der Waals surface area (Å²) in [7, 11) is 0. The number of rotatable bonds is 4. The Hall–Kier alpha value is -2.37. The van der Waals surface area contributed by atoms with Crippen molar-refractivity contribution in [3.8, 4) is 0 Å². The number of carbonyl (C=O) groups is 1. The fraction of sp³-hybridized carbons (Fsp3) is 0.438. The Balaban J connectivity index is 1.79. The Morgan fingerprint density at radius 2 is 2.36 bits per heavy atom. The van der Waals surface area contributed by atoms with Crippen molar-refractivity contribution in [2.24, 2.45) is 0 Å². The van der Waals surface area contributed by atoms with Crippen molar-refractivity contribution in [2.75, 3.05) is 18.1 Å². The summed E-state index contributed by atoms with van der Waals surface area (Å²) in [5.41, 5.74) is 1.41. The van der Waals surface area contributed by atoms with Gasteiger partial charge in [-0.1, -0.05) is 5.16 Å². The van der Waals surface area contributed by atoms with E-state index in [0.717, 1.165) is 36.7 Å². The van der Waals surface area contributed by atoms with E-state index < -0.39 is 0 Å². The van der Waals surface area contributed by atoms with Crippen molar-refractivity contribution in [3.05, 3.63) is 41.4 Å². The topological polar surface area (TPSA) is 68.5 Å². The molecule has 0 spiro atoms. The van der Waals surface area contributed by atoms with Gasteiger partial charge >= 0.3 is 5.97 Å². The van der Waals surface area contributed by atoms with Gasteiger partial charge in [0.2, 0.25) is 0 Å². The molecule has 2 aromatic heterocycles. The van der Waals surface area contributed by atoms with Crippen LogP contribution in [0.4, 0.5) is 5.82 Å². The first-order valence-electron chi connectivity index (χ1n) is 7.52. The predicted molar refractivity (Wildman–Crippen MR) is 80.8 cm³/mol. The zero-order valence-electron chi connectivity index (χ0n) is 12.8. The number of nitrogens with zero attached hydrogens (tertiary/aromatic N) is 3. The number of aryl methyl sites for hydroxylation is 1. The van der Waals surface area contributed by atoms with Gasteiger partial charge in [-0.15, -0.1) is 0 Å². The number of hydrogen-bond acceptors (Lipinski definition) is 6. The van der Waals surface area contributed by atoms with Crippen molar-refractivity contribution in [2.45, 2.75) is 32.7 Å². The third-order valence-electron chi connectivity index (χ3n) is 3.79. The van der Waals surface area contributed by atoms with Gasteiger partial charge in [0.05, 0.1) is 18.2 Å². The average Bonchev–Trinajstić information content (AvgIpc) is 3.16. The first-order chi connectivity index (χ1) is 10.7. The molecule has 0 unspecified atom stereocenters. The molecule has 0 N–H and O–H groups in total. The normalized spacial score (nSPS) is 17.7. The molecular formula is C16H19N3O3. The van der Waals surface area contributed by atoms with Gasteiger partial charge in [-0.2, -0.15) is 0 Å². The van der Waals surface area contributed by atoms with Crippen molar-refractivity contribution < 1.29 is 14.1 Å². The lowest BCUT2D eigenvalue weighted by Crippen LogP contribution is -2.23. The van der Waals surface area contributed by atoms with E-state index in [1.54, 1.807) is 19.2 Å². The van der Waals surface area contributed by atoms with Crippen LogP contribution in [0.15, 0.2) is 28.9 Å². The van der Waals surface area contributed by atoms with Gasteiger partial charge in [-0.3, -0.25) is 0 Å². The third kappa shape index (κ3) is 2.81. The zero-order chi connectivity index (χ0) is 15.5. The Kier molecular flexibility index (Phi) is 4.09. The fourth-order valence-corrected chi connectivity index (χ4v) is 2.78. The second-order valence-electron chi connectivity index (χ2n) is 5.34. The Bertz CT molecular complexity index is 651. The lowest BCUT2D eigenvalue weighted by molar-refractivity contribution is 0.0526. The minimum Gasteiger partial charge on any atom is -0.462 e. The van der Waals surface area contributed by atoms with Gasteiger partial charge in [0.25, 0.3) is 0 Å². The number of carbonyl (C=O) groups excluding carboxylic acids is 1. The molecule has 0 aliphatic carbocycles. The molecule has 0 saturated carbocycles. The van der Waals surface area contributed by atoms with E-state index in [4.69, 9.17) is 9.26 Å². The summed E-state index contributed by atoms with van der Waals surface area (Å²) in [4.78, 5) is 18.3. The second kappa shape index (κ2) is 6.17. The highest BCUT2D eigenvalue weighted by molar-refractivity contribution is 5.89. The number of anilines is 1. The summed E-state index contributed by atoms with van der Waals surface area (Å²) in [6.45, 7) is 4.96. The van der Waals surface area contributed by atoms with Crippen LogP contribution in [0.2, 0.25) is 0 Å². The molecule has 1 saturated heterocycles. The summed E-state index contributed by atoms with van der Waals surface area (Å²) in [5.74, 6) is 1.32. The second-order valence-corrected chi connectivity index (χ2v) is 5.34. The SMILES string of the molecule is CCOC(=O)c1ccc(N2CCC[C@H]2c2cc(C)on2)nc1. The first-order valence-corrected chi connectivity index (χ1v) is 7.52. The molecule has 0 radical (unpaired) electrons.